The van der Waals surface area contributed by atoms with E-state index in [1.165, 1.54) is 18.4 Å². The second-order valence-electron chi connectivity index (χ2n) is 5.22. The van der Waals surface area contributed by atoms with Crippen LogP contribution in [0.15, 0.2) is 18.2 Å². The largest absolute Gasteiger partial charge is 0.486 e. The third kappa shape index (κ3) is 2.55. The van der Waals surface area contributed by atoms with Gasteiger partial charge in [-0.05, 0) is 37.1 Å². The molecule has 0 radical (unpaired) electrons. The van der Waals surface area contributed by atoms with Gasteiger partial charge in [0.15, 0.2) is 11.5 Å². The van der Waals surface area contributed by atoms with Crippen molar-refractivity contribution < 1.29 is 9.47 Å². The van der Waals surface area contributed by atoms with Crippen molar-refractivity contribution in [2.24, 2.45) is 5.73 Å². The summed E-state index contributed by atoms with van der Waals surface area (Å²) < 4.78 is 11.2. The van der Waals surface area contributed by atoms with Crippen molar-refractivity contribution >= 4 is 0 Å². The van der Waals surface area contributed by atoms with Crippen molar-refractivity contribution in [1.29, 1.82) is 0 Å². The van der Waals surface area contributed by atoms with Crippen LogP contribution in [0.5, 0.6) is 11.5 Å². The Morgan fingerprint density at radius 3 is 2.63 bits per heavy atom. The summed E-state index contributed by atoms with van der Waals surface area (Å²) >= 11 is 0. The lowest BCUT2D eigenvalue weighted by Gasteiger charge is -2.31. The van der Waals surface area contributed by atoms with Crippen molar-refractivity contribution in [2.75, 3.05) is 26.3 Å². The first-order chi connectivity index (χ1) is 9.33. The molecule has 2 N–H and O–H groups in total. The Labute approximate surface area is 114 Å². The van der Waals surface area contributed by atoms with Gasteiger partial charge in [0.2, 0.25) is 0 Å². The van der Waals surface area contributed by atoms with Gasteiger partial charge in [-0.3, -0.25) is 4.90 Å². The molecule has 1 aromatic rings. The van der Waals surface area contributed by atoms with Crippen LogP contribution in [0.25, 0.3) is 0 Å². The van der Waals surface area contributed by atoms with Crippen molar-refractivity contribution in [2.45, 2.75) is 31.8 Å². The topological polar surface area (TPSA) is 47.7 Å². The molecule has 0 bridgehead atoms. The minimum atomic E-state index is 0.285. The molecule has 19 heavy (non-hydrogen) atoms. The van der Waals surface area contributed by atoms with Crippen molar-refractivity contribution in [3.8, 4) is 11.5 Å². The van der Waals surface area contributed by atoms with Gasteiger partial charge in [-0.1, -0.05) is 13.0 Å². The van der Waals surface area contributed by atoms with Gasteiger partial charge in [0.25, 0.3) is 0 Å². The predicted molar refractivity (Wildman–Crippen MR) is 74.6 cm³/mol. The van der Waals surface area contributed by atoms with Gasteiger partial charge in [-0.25, -0.2) is 0 Å². The number of ether oxygens (including phenoxy) is 2. The van der Waals surface area contributed by atoms with Crippen LogP contribution in [-0.4, -0.2) is 37.2 Å². The summed E-state index contributed by atoms with van der Waals surface area (Å²) in [4.78, 5) is 2.51. The lowest BCUT2D eigenvalue weighted by Crippen LogP contribution is -2.35. The quantitative estimate of drug-likeness (QED) is 0.881. The normalized spacial score (nSPS) is 19.5. The minimum absolute atomic E-state index is 0.285. The summed E-state index contributed by atoms with van der Waals surface area (Å²) in [5.74, 6) is 1.70. The molecular weight excluding hydrogens is 240 g/mol. The van der Waals surface area contributed by atoms with Crippen LogP contribution in [0.1, 0.15) is 31.4 Å². The zero-order valence-electron chi connectivity index (χ0n) is 11.5. The highest BCUT2D eigenvalue weighted by atomic mass is 16.6. The fraction of sp³-hybridized carbons (Fsp3) is 0.600. The molecular formula is C15H22N2O2. The van der Waals surface area contributed by atoms with E-state index in [2.05, 4.69) is 24.0 Å². The predicted octanol–water partition coefficient (Wildman–Crippen LogP) is 1.94. The van der Waals surface area contributed by atoms with E-state index in [1.807, 2.05) is 6.07 Å². The molecule has 0 aromatic heterocycles. The molecule has 0 spiro atoms. The lowest BCUT2D eigenvalue weighted by molar-refractivity contribution is 0.169. The average Bonchev–Trinajstić information content (AvgIpc) is 3.28. The Morgan fingerprint density at radius 1 is 1.26 bits per heavy atom. The Bertz CT molecular complexity index is 446. The molecule has 1 unspecified atom stereocenters. The number of nitrogens with zero attached hydrogens (tertiary/aromatic N) is 1. The Balaban J connectivity index is 1.86. The number of rotatable bonds is 5. The highest BCUT2D eigenvalue weighted by Crippen LogP contribution is 2.37. The second-order valence-corrected chi connectivity index (χ2v) is 5.22. The maximum atomic E-state index is 6.01. The standard InChI is InChI=1S/C15H22N2O2/c1-2-17(12-4-5-12)13(10-16)11-3-6-14-15(9-11)19-8-7-18-14/h3,6,9,12-13H,2,4-5,7-8,10,16H2,1H3. The van der Waals surface area contributed by atoms with Gasteiger partial charge in [-0.15, -0.1) is 0 Å². The van der Waals surface area contributed by atoms with Crippen molar-refractivity contribution in [3.63, 3.8) is 0 Å². The molecule has 1 aliphatic heterocycles. The van der Waals surface area contributed by atoms with Crippen LogP contribution in [0.3, 0.4) is 0 Å². The first kappa shape index (κ1) is 12.8. The van der Waals surface area contributed by atoms with E-state index in [1.54, 1.807) is 0 Å². The molecule has 0 amide bonds. The molecule has 4 heteroatoms. The molecule has 1 aliphatic carbocycles. The molecule has 1 saturated carbocycles. The van der Waals surface area contributed by atoms with Gasteiger partial charge >= 0.3 is 0 Å². The number of benzene rings is 1. The smallest absolute Gasteiger partial charge is 0.161 e. The highest BCUT2D eigenvalue weighted by Gasteiger charge is 2.33. The van der Waals surface area contributed by atoms with Gasteiger partial charge in [-0.2, -0.15) is 0 Å². The van der Waals surface area contributed by atoms with E-state index in [9.17, 15) is 0 Å². The van der Waals surface area contributed by atoms with E-state index in [4.69, 9.17) is 15.2 Å². The van der Waals surface area contributed by atoms with Crippen LogP contribution >= 0.6 is 0 Å². The molecule has 0 saturated heterocycles. The summed E-state index contributed by atoms with van der Waals surface area (Å²) in [5, 5.41) is 0. The summed E-state index contributed by atoms with van der Waals surface area (Å²) in [6.07, 6.45) is 2.60. The van der Waals surface area contributed by atoms with Crippen molar-refractivity contribution in [1.82, 2.24) is 4.90 Å². The third-order valence-electron chi connectivity index (χ3n) is 3.96. The lowest BCUT2D eigenvalue weighted by atomic mass is 10.0. The van der Waals surface area contributed by atoms with Crippen LogP contribution in [0, 0.1) is 0 Å². The number of hydrogen-bond acceptors (Lipinski definition) is 4. The number of hydrogen-bond donors (Lipinski definition) is 1. The second kappa shape index (κ2) is 5.39. The monoisotopic (exact) mass is 262 g/mol. The molecule has 1 fully saturated rings. The average molecular weight is 262 g/mol. The number of likely N-dealkylation sites (N-methyl/N-ethyl adjacent to an activating group) is 1. The fourth-order valence-corrected chi connectivity index (χ4v) is 2.87. The summed E-state index contributed by atoms with van der Waals surface area (Å²) in [5.41, 5.74) is 7.25. The zero-order chi connectivity index (χ0) is 13.2. The van der Waals surface area contributed by atoms with Crippen LogP contribution in [-0.2, 0) is 0 Å². The molecule has 1 atom stereocenters. The number of nitrogens with two attached hydrogens (primary N) is 1. The number of fused-ring (bicyclic) bond motifs is 1. The zero-order valence-corrected chi connectivity index (χ0v) is 11.5. The molecule has 2 aliphatic rings. The summed E-state index contributed by atoms with van der Waals surface area (Å²) in [6, 6.07) is 7.22. The molecule has 3 rings (SSSR count). The Kier molecular flexibility index (Phi) is 3.62. The van der Waals surface area contributed by atoms with Gasteiger partial charge in [0, 0.05) is 18.6 Å². The first-order valence-corrected chi connectivity index (χ1v) is 7.19. The van der Waals surface area contributed by atoms with E-state index in [-0.39, 0.29) is 6.04 Å². The van der Waals surface area contributed by atoms with E-state index >= 15 is 0 Å². The van der Waals surface area contributed by atoms with Crippen LogP contribution in [0.2, 0.25) is 0 Å². The fourth-order valence-electron chi connectivity index (χ4n) is 2.87. The van der Waals surface area contributed by atoms with Gasteiger partial charge < -0.3 is 15.2 Å². The molecule has 4 nitrogen and oxygen atoms in total. The Morgan fingerprint density at radius 2 is 2.00 bits per heavy atom. The highest BCUT2D eigenvalue weighted by molar-refractivity contribution is 5.44. The maximum Gasteiger partial charge on any atom is 0.161 e. The van der Waals surface area contributed by atoms with Gasteiger partial charge in [0.05, 0.1) is 0 Å². The van der Waals surface area contributed by atoms with Gasteiger partial charge in [0.1, 0.15) is 13.2 Å². The molecule has 1 aromatic carbocycles. The van der Waals surface area contributed by atoms with E-state index in [0.717, 1.165) is 18.0 Å². The van der Waals surface area contributed by atoms with E-state index in [0.29, 0.717) is 25.8 Å². The van der Waals surface area contributed by atoms with Crippen LogP contribution < -0.4 is 15.2 Å². The Hall–Kier alpha value is -1.26. The minimum Gasteiger partial charge on any atom is -0.486 e. The SMILES string of the molecule is CCN(C1CC1)C(CN)c1ccc2c(c1)OCCO2. The van der Waals surface area contributed by atoms with Crippen LogP contribution in [0.4, 0.5) is 0 Å². The molecule has 104 valence electrons. The summed E-state index contributed by atoms with van der Waals surface area (Å²) in [6.45, 7) is 5.16. The third-order valence-corrected chi connectivity index (χ3v) is 3.96. The molecule has 1 heterocycles. The van der Waals surface area contributed by atoms with Crippen molar-refractivity contribution in [3.05, 3.63) is 23.8 Å². The van der Waals surface area contributed by atoms with E-state index < -0.39 is 0 Å². The first-order valence-electron chi connectivity index (χ1n) is 7.19. The summed E-state index contributed by atoms with van der Waals surface area (Å²) in [7, 11) is 0. The maximum absolute atomic E-state index is 6.01.